The first kappa shape index (κ1) is 22.9. The van der Waals surface area contributed by atoms with Crippen LogP contribution in [0.2, 0.25) is 0 Å². The second-order valence-electron chi connectivity index (χ2n) is 6.38. The summed E-state index contributed by atoms with van der Waals surface area (Å²) < 4.78 is 66.7. The highest BCUT2D eigenvalue weighted by molar-refractivity contribution is 7.89. The standard InChI is InChI=1S/C19H21F3N2O4S/c1-24(2)29(26,27)17-6-4-3-5-16(17)11-23-18(25)15-9-7-14(8-10-15)12-28-13-19(20,21)22/h3-10H,11-13H2,1-2H3,(H,23,25). The summed E-state index contributed by atoms with van der Waals surface area (Å²) in [7, 11) is -0.814. The number of carbonyl (C=O) groups excluding carboxylic acids is 1. The van der Waals surface area contributed by atoms with Crippen LogP contribution in [0.15, 0.2) is 53.4 Å². The molecule has 0 heterocycles. The molecule has 6 nitrogen and oxygen atoms in total. The maximum atomic E-state index is 12.4. The van der Waals surface area contributed by atoms with E-state index in [1.54, 1.807) is 18.2 Å². The number of amides is 1. The number of ether oxygens (including phenoxy) is 1. The minimum Gasteiger partial charge on any atom is -0.367 e. The van der Waals surface area contributed by atoms with Gasteiger partial charge >= 0.3 is 6.18 Å². The summed E-state index contributed by atoms with van der Waals surface area (Å²) in [5.41, 5.74) is 1.22. The van der Waals surface area contributed by atoms with E-state index in [9.17, 15) is 26.4 Å². The normalized spacial score (nSPS) is 12.2. The number of alkyl halides is 3. The number of hydrogen-bond donors (Lipinski definition) is 1. The Morgan fingerprint density at radius 1 is 1.07 bits per heavy atom. The van der Waals surface area contributed by atoms with Gasteiger partial charge in [-0.2, -0.15) is 13.2 Å². The highest BCUT2D eigenvalue weighted by Crippen LogP contribution is 2.19. The zero-order chi connectivity index (χ0) is 21.7. The van der Waals surface area contributed by atoms with Gasteiger partial charge in [-0.25, -0.2) is 12.7 Å². The fourth-order valence-corrected chi connectivity index (χ4v) is 3.53. The Morgan fingerprint density at radius 2 is 1.69 bits per heavy atom. The molecule has 29 heavy (non-hydrogen) atoms. The maximum Gasteiger partial charge on any atom is 0.411 e. The largest absolute Gasteiger partial charge is 0.411 e. The van der Waals surface area contributed by atoms with E-state index in [0.717, 1.165) is 4.31 Å². The summed E-state index contributed by atoms with van der Waals surface area (Å²) in [6.07, 6.45) is -4.39. The van der Waals surface area contributed by atoms with Crippen LogP contribution in [0.4, 0.5) is 13.2 Å². The number of carbonyl (C=O) groups is 1. The molecule has 0 saturated carbocycles. The molecule has 2 aromatic carbocycles. The molecule has 0 aromatic heterocycles. The van der Waals surface area contributed by atoms with Gasteiger partial charge in [-0.15, -0.1) is 0 Å². The highest BCUT2D eigenvalue weighted by Gasteiger charge is 2.27. The predicted molar refractivity (Wildman–Crippen MR) is 101 cm³/mol. The Morgan fingerprint density at radius 3 is 2.28 bits per heavy atom. The molecule has 0 saturated heterocycles. The third-order valence-electron chi connectivity index (χ3n) is 3.92. The van der Waals surface area contributed by atoms with Gasteiger partial charge in [-0.1, -0.05) is 30.3 Å². The smallest absolute Gasteiger partial charge is 0.367 e. The third kappa shape index (κ3) is 6.55. The van der Waals surface area contributed by atoms with Crippen LogP contribution < -0.4 is 5.32 Å². The third-order valence-corrected chi connectivity index (χ3v) is 5.84. The second kappa shape index (κ2) is 9.38. The molecule has 1 N–H and O–H groups in total. The van der Waals surface area contributed by atoms with Crippen LogP contribution in [0.3, 0.4) is 0 Å². The summed E-state index contributed by atoms with van der Waals surface area (Å²) in [6.45, 7) is -1.57. The summed E-state index contributed by atoms with van der Waals surface area (Å²) in [4.78, 5) is 12.4. The molecular weight excluding hydrogens is 409 g/mol. The molecule has 2 rings (SSSR count). The van der Waals surface area contributed by atoms with Crippen LogP contribution >= 0.6 is 0 Å². The SMILES string of the molecule is CN(C)S(=O)(=O)c1ccccc1CNC(=O)c1ccc(COCC(F)(F)F)cc1. The van der Waals surface area contributed by atoms with E-state index in [2.05, 4.69) is 10.1 Å². The van der Waals surface area contributed by atoms with Crippen molar-refractivity contribution in [3.05, 3.63) is 65.2 Å². The second-order valence-corrected chi connectivity index (χ2v) is 8.50. The molecule has 1 amide bonds. The summed E-state index contributed by atoms with van der Waals surface area (Å²) in [5.74, 6) is -0.440. The topological polar surface area (TPSA) is 75.7 Å². The zero-order valence-corrected chi connectivity index (χ0v) is 16.7. The average Bonchev–Trinajstić information content (AvgIpc) is 2.65. The van der Waals surface area contributed by atoms with E-state index in [-0.39, 0.29) is 23.6 Å². The quantitative estimate of drug-likeness (QED) is 0.699. The molecular formula is C19H21F3N2O4S. The summed E-state index contributed by atoms with van der Waals surface area (Å²) in [5, 5.41) is 2.65. The van der Waals surface area contributed by atoms with Crippen molar-refractivity contribution in [1.29, 1.82) is 0 Å². The van der Waals surface area contributed by atoms with E-state index in [1.165, 1.54) is 44.4 Å². The lowest BCUT2D eigenvalue weighted by atomic mass is 10.1. The lowest BCUT2D eigenvalue weighted by molar-refractivity contribution is -0.176. The van der Waals surface area contributed by atoms with Crippen LogP contribution in [0.1, 0.15) is 21.5 Å². The predicted octanol–water partition coefficient (Wildman–Crippen LogP) is 2.95. The van der Waals surface area contributed by atoms with Crippen LogP contribution in [0.25, 0.3) is 0 Å². The first-order chi connectivity index (χ1) is 13.5. The average molecular weight is 430 g/mol. The van der Waals surface area contributed by atoms with Crippen molar-refractivity contribution in [2.75, 3.05) is 20.7 Å². The van der Waals surface area contributed by atoms with Gasteiger partial charge in [0.05, 0.1) is 11.5 Å². The molecule has 2 aromatic rings. The molecule has 0 aliphatic heterocycles. The molecule has 0 fully saturated rings. The van der Waals surface area contributed by atoms with Gasteiger partial charge < -0.3 is 10.1 Å². The Bertz CT molecular complexity index is 943. The monoisotopic (exact) mass is 430 g/mol. The van der Waals surface area contributed by atoms with Crippen LogP contribution in [0.5, 0.6) is 0 Å². The number of benzene rings is 2. The first-order valence-electron chi connectivity index (χ1n) is 8.53. The first-order valence-corrected chi connectivity index (χ1v) is 9.97. The van der Waals surface area contributed by atoms with Crippen molar-refractivity contribution < 1.29 is 31.1 Å². The van der Waals surface area contributed by atoms with Crippen molar-refractivity contribution in [3.8, 4) is 0 Å². The van der Waals surface area contributed by atoms with E-state index in [0.29, 0.717) is 11.1 Å². The zero-order valence-electron chi connectivity index (χ0n) is 15.9. The number of sulfonamides is 1. The number of halogens is 3. The van der Waals surface area contributed by atoms with Crippen LogP contribution in [-0.4, -0.2) is 45.5 Å². The Labute approximate surface area is 167 Å². The molecule has 0 bridgehead atoms. The van der Waals surface area contributed by atoms with Gasteiger partial charge in [0.1, 0.15) is 6.61 Å². The minimum atomic E-state index is -4.39. The molecule has 0 atom stereocenters. The molecule has 0 radical (unpaired) electrons. The fourth-order valence-electron chi connectivity index (χ4n) is 2.41. The lowest BCUT2D eigenvalue weighted by Crippen LogP contribution is -2.27. The van der Waals surface area contributed by atoms with Crippen molar-refractivity contribution in [2.45, 2.75) is 24.2 Å². The van der Waals surface area contributed by atoms with Gasteiger partial charge in [0.15, 0.2) is 0 Å². The van der Waals surface area contributed by atoms with Gasteiger partial charge in [0.2, 0.25) is 10.0 Å². The van der Waals surface area contributed by atoms with Crippen molar-refractivity contribution in [2.24, 2.45) is 0 Å². The van der Waals surface area contributed by atoms with E-state index in [1.807, 2.05) is 0 Å². The van der Waals surface area contributed by atoms with Gasteiger partial charge in [0, 0.05) is 26.2 Å². The Kier molecular flexibility index (Phi) is 7.39. The van der Waals surface area contributed by atoms with Crippen LogP contribution in [0, 0.1) is 0 Å². The molecule has 0 aliphatic carbocycles. The number of rotatable bonds is 8. The van der Waals surface area contributed by atoms with E-state index in [4.69, 9.17) is 0 Å². The molecule has 0 unspecified atom stereocenters. The van der Waals surface area contributed by atoms with Gasteiger partial charge in [0.25, 0.3) is 5.91 Å². The molecule has 0 aliphatic rings. The Hall–Kier alpha value is -2.43. The summed E-state index contributed by atoms with van der Waals surface area (Å²) >= 11 is 0. The van der Waals surface area contributed by atoms with Crippen molar-refractivity contribution in [1.82, 2.24) is 9.62 Å². The van der Waals surface area contributed by atoms with Gasteiger partial charge in [-0.05, 0) is 29.3 Å². The summed E-state index contributed by atoms with van der Waals surface area (Å²) in [6, 6.07) is 12.3. The molecule has 10 heteroatoms. The number of nitrogens with zero attached hydrogens (tertiary/aromatic N) is 1. The fraction of sp³-hybridized carbons (Fsp3) is 0.316. The van der Waals surface area contributed by atoms with E-state index < -0.39 is 28.7 Å². The van der Waals surface area contributed by atoms with Crippen LogP contribution in [-0.2, 0) is 27.9 Å². The maximum absolute atomic E-state index is 12.4. The van der Waals surface area contributed by atoms with Gasteiger partial charge in [-0.3, -0.25) is 4.79 Å². The number of hydrogen-bond acceptors (Lipinski definition) is 4. The lowest BCUT2D eigenvalue weighted by Gasteiger charge is -2.15. The molecule has 0 spiro atoms. The van der Waals surface area contributed by atoms with Crippen molar-refractivity contribution in [3.63, 3.8) is 0 Å². The van der Waals surface area contributed by atoms with E-state index >= 15 is 0 Å². The number of nitrogens with one attached hydrogen (secondary N) is 1. The highest BCUT2D eigenvalue weighted by atomic mass is 32.2. The van der Waals surface area contributed by atoms with Crippen molar-refractivity contribution >= 4 is 15.9 Å². The minimum absolute atomic E-state index is 0.00147. The Balaban J connectivity index is 2.00. The molecule has 158 valence electrons.